The minimum atomic E-state index is -0.0463. The summed E-state index contributed by atoms with van der Waals surface area (Å²) in [7, 11) is 4.00. The number of nitrogens with zero attached hydrogens (tertiary/aromatic N) is 2. The van der Waals surface area contributed by atoms with Gasteiger partial charge in [-0.2, -0.15) is 0 Å². The zero-order chi connectivity index (χ0) is 15.1. The van der Waals surface area contributed by atoms with E-state index in [1.807, 2.05) is 34.0 Å². The van der Waals surface area contributed by atoms with E-state index in [2.05, 4.69) is 27.4 Å². The molecule has 1 rings (SSSR count). The maximum atomic E-state index is 12.2. The van der Waals surface area contributed by atoms with Crippen molar-refractivity contribution in [2.24, 2.45) is 0 Å². The molecule has 1 atom stereocenters. The fourth-order valence-electron chi connectivity index (χ4n) is 1.70. The molecule has 0 bridgehead atoms. The number of amides is 1. The lowest BCUT2D eigenvalue weighted by Crippen LogP contribution is -2.38. The number of aryl methyl sites for hydroxylation is 1. The fourth-order valence-corrected chi connectivity index (χ4v) is 1.70. The molecule has 0 saturated heterocycles. The summed E-state index contributed by atoms with van der Waals surface area (Å²) in [5.41, 5.74) is 1.59. The highest BCUT2D eigenvalue weighted by atomic mass is 16.1. The second kappa shape index (κ2) is 7.85. The van der Waals surface area contributed by atoms with Crippen LogP contribution in [0.1, 0.15) is 36.8 Å². The van der Waals surface area contributed by atoms with Crippen molar-refractivity contribution < 1.29 is 4.79 Å². The summed E-state index contributed by atoms with van der Waals surface area (Å²) in [4.78, 5) is 18.7. The summed E-state index contributed by atoms with van der Waals surface area (Å²) >= 11 is 0. The molecule has 1 aromatic rings. The van der Waals surface area contributed by atoms with E-state index < -0.39 is 0 Å². The van der Waals surface area contributed by atoms with Gasteiger partial charge in [-0.1, -0.05) is 6.92 Å². The zero-order valence-corrected chi connectivity index (χ0v) is 13.2. The number of pyridine rings is 1. The summed E-state index contributed by atoms with van der Waals surface area (Å²) in [6.45, 7) is 7.55. The Kier molecular flexibility index (Phi) is 6.45. The van der Waals surface area contributed by atoms with Crippen LogP contribution in [0.4, 0.5) is 5.82 Å². The van der Waals surface area contributed by atoms with E-state index >= 15 is 0 Å². The predicted molar refractivity (Wildman–Crippen MR) is 83.3 cm³/mol. The van der Waals surface area contributed by atoms with E-state index in [1.54, 1.807) is 6.07 Å². The topological polar surface area (TPSA) is 57.3 Å². The van der Waals surface area contributed by atoms with Crippen molar-refractivity contribution in [1.29, 1.82) is 0 Å². The van der Waals surface area contributed by atoms with Crippen LogP contribution in [0.5, 0.6) is 0 Å². The number of carbonyl (C=O) groups is 1. The van der Waals surface area contributed by atoms with Gasteiger partial charge in [-0.05, 0) is 46.5 Å². The molecule has 1 amide bonds. The van der Waals surface area contributed by atoms with Crippen molar-refractivity contribution in [3.05, 3.63) is 23.4 Å². The molecule has 0 fully saturated rings. The number of rotatable bonds is 7. The Morgan fingerprint density at radius 3 is 2.60 bits per heavy atom. The first kappa shape index (κ1) is 16.4. The number of hydrogen-bond donors (Lipinski definition) is 2. The Labute approximate surface area is 121 Å². The van der Waals surface area contributed by atoms with Crippen molar-refractivity contribution in [2.45, 2.75) is 33.2 Å². The van der Waals surface area contributed by atoms with Crippen LogP contribution >= 0.6 is 0 Å². The Morgan fingerprint density at radius 2 is 2.05 bits per heavy atom. The smallest absolute Gasteiger partial charge is 0.251 e. The Balaban J connectivity index is 2.78. The number of likely N-dealkylation sites (N-methyl/N-ethyl adjacent to an activating group) is 1. The van der Waals surface area contributed by atoms with Crippen LogP contribution in [0.25, 0.3) is 0 Å². The minimum absolute atomic E-state index is 0.0463. The number of nitrogens with one attached hydrogen (secondary N) is 2. The molecule has 2 N–H and O–H groups in total. The molecular formula is C15H26N4O. The molecule has 1 heterocycles. The van der Waals surface area contributed by atoms with Crippen molar-refractivity contribution in [1.82, 2.24) is 15.2 Å². The maximum Gasteiger partial charge on any atom is 0.251 e. The highest BCUT2D eigenvalue weighted by molar-refractivity contribution is 5.95. The van der Waals surface area contributed by atoms with E-state index in [1.165, 1.54) is 0 Å². The molecule has 1 unspecified atom stereocenters. The molecule has 5 heteroatoms. The zero-order valence-electron chi connectivity index (χ0n) is 13.2. The molecule has 0 aliphatic heterocycles. The van der Waals surface area contributed by atoms with Gasteiger partial charge in [-0.15, -0.1) is 0 Å². The summed E-state index contributed by atoms with van der Waals surface area (Å²) in [5, 5.41) is 6.13. The molecule has 5 nitrogen and oxygen atoms in total. The van der Waals surface area contributed by atoms with Crippen LogP contribution in [-0.4, -0.2) is 49.0 Å². The lowest BCUT2D eigenvalue weighted by atomic mass is 10.1. The van der Waals surface area contributed by atoms with Gasteiger partial charge in [0.15, 0.2) is 0 Å². The molecule has 0 radical (unpaired) electrons. The largest absolute Gasteiger partial charge is 0.370 e. The Bertz CT molecular complexity index is 445. The van der Waals surface area contributed by atoms with E-state index in [-0.39, 0.29) is 5.91 Å². The number of aromatic nitrogens is 1. The lowest BCUT2D eigenvalue weighted by Gasteiger charge is -2.20. The molecule has 0 aliphatic carbocycles. The average molecular weight is 278 g/mol. The van der Waals surface area contributed by atoms with Gasteiger partial charge in [-0.25, -0.2) is 4.98 Å². The van der Waals surface area contributed by atoms with Crippen LogP contribution in [0.2, 0.25) is 0 Å². The SMILES string of the molecule is CCNc1cc(C(=O)NCC(C)N(C)C)cc(CC)n1. The highest BCUT2D eigenvalue weighted by Gasteiger charge is 2.11. The summed E-state index contributed by atoms with van der Waals surface area (Å²) in [6, 6.07) is 3.97. The third kappa shape index (κ3) is 4.81. The second-order valence-corrected chi connectivity index (χ2v) is 5.14. The number of hydrogen-bond acceptors (Lipinski definition) is 4. The minimum Gasteiger partial charge on any atom is -0.370 e. The van der Waals surface area contributed by atoms with Crippen LogP contribution in [0.3, 0.4) is 0 Å². The third-order valence-electron chi connectivity index (χ3n) is 3.30. The van der Waals surface area contributed by atoms with Gasteiger partial charge < -0.3 is 15.5 Å². The number of carbonyl (C=O) groups excluding carboxylic acids is 1. The lowest BCUT2D eigenvalue weighted by molar-refractivity contribution is 0.0943. The molecule has 1 aromatic heterocycles. The van der Waals surface area contributed by atoms with Crippen LogP contribution in [-0.2, 0) is 6.42 Å². The Hall–Kier alpha value is -1.62. The van der Waals surface area contributed by atoms with Gasteiger partial charge in [0.2, 0.25) is 0 Å². The van der Waals surface area contributed by atoms with Crippen LogP contribution in [0.15, 0.2) is 12.1 Å². The maximum absolute atomic E-state index is 12.2. The van der Waals surface area contributed by atoms with Crippen LogP contribution < -0.4 is 10.6 Å². The van der Waals surface area contributed by atoms with E-state index in [4.69, 9.17) is 0 Å². The molecule has 0 spiro atoms. The molecule has 0 aliphatic rings. The van der Waals surface area contributed by atoms with Crippen molar-refractivity contribution in [3.8, 4) is 0 Å². The summed E-state index contributed by atoms with van der Waals surface area (Å²) < 4.78 is 0. The van der Waals surface area contributed by atoms with Gasteiger partial charge in [-0.3, -0.25) is 4.79 Å². The monoisotopic (exact) mass is 278 g/mol. The summed E-state index contributed by atoms with van der Waals surface area (Å²) in [6.07, 6.45) is 0.813. The first-order chi connectivity index (χ1) is 9.47. The quantitative estimate of drug-likeness (QED) is 0.798. The predicted octanol–water partition coefficient (Wildman–Crippen LogP) is 1.76. The van der Waals surface area contributed by atoms with E-state index in [0.717, 1.165) is 24.5 Å². The van der Waals surface area contributed by atoms with Gasteiger partial charge in [0.1, 0.15) is 5.82 Å². The standard InChI is InChI=1S/C15H26N4O/c1-6-13-8-12(9-14(18-13)16-7-2)15(20)17-10-11(3)19(4)5/h8-9,11H,6-7,10H2,1-5H3,(H,16,18)(H,17,20). The highest BCUT2D eigenvalue weighted by Crippen LogP contribution is 2.11. The van der Waals surface area contributed by atoms with E-state index in [9.17, 15) is 4.79 Å². The molecule has 0 aromatic carbocycles. The van der Waals surface area contributed by atoms with Crippen molar-refractivity contribution >= 4 is 11.7 Å². The first-order valence-electron chi connectivity index (χ1n) is 7.17. The summed E-state index contributed by atoms with van der Waals surface area (Å²) in [5.74, 6) is 0.715. The molecular weight excluding hydrogens is 252 g/mol. The fraction of sp³-hybridized carbons (Fsp3) is 0.600. The van der Waals surface area contributed by atoms with Gasteiger partial charge >= 0.3 is 0 Å². The van der Waals surface area contributed by atoms with Gasteiger partial charge in [0.25, 0.3) is 5.91 Å². The molecule has 112 valence electrons. The van der Waals surface area contributed by atoms with Gasteiger partial charge in [0, 0.05) is 30.4 Å². The van der Waals surface area contributed by atoms with Crippen LogP contribution in [0, 0.1) is 0 Å². The number of anilines is 1. The molecule has 20 heavy (non-hydrogen) atoms. The molecule has 0 saturated carbocycles. The Morgan fingerprint density at radius 1 is 1.35 bits per heavy atom. The first-order valence-corrected chi connectivity index (χ1v) is 7.17. The van der Waals surface area contributed by atoms with Crippen molar-refractivity contribution in [3.63, 3.8) is 0 Å². The third-order valence-corrected chi connectivity index (χ3v) is 3.30. The normalized spacial score (nSPS) is 12.3. The second-order valence-electron chi connectivity index (χ2n) is 5.14. The van der Waals surface area contributed by atoms with Crippen molar-refractivity contribution in [2.75, 3.05) is 32.5 Å². The van der Waals surface area contributed by atoms with Gasteiger partial charge in [0.05, 0.1) is 0 Å². The van der Waals surface area contributed by atoms with E-state index in [0.29, 0.717) is 18.2 Å². The average Bonchev–Trinajstić information content (AvgIpc) is 2.44.